The molecule has 12 heavy (non-hydrogen) atoms. The highest BCUT2D eigenvalue weighted by Gasteiger charge is 2.30. The summed E-state index contributed by atoms with van der Waals surface area (Å²) in [5.74, 6) is 0. The van der Waals surface area contributed by atoms with Gasteiger partial charge in [-0.2, -0.15) is 0 Å². The molecule has 1 aromatic carbocycles. The molecule has 0 radical (unpaired) electrons. The smallest absolute Gasteiger partial charge is 0.0455 e. The van der Waals surface area contributed by atoms with Crippen molar-refractivity contribution < 1.29 is 0 Å². The lowest BCUT2D eigenvalue weighted by atomic mass is 10.0. The van der Waals surface area contributed by atoms with Crippen LogP contribution in [-0.2, 0) is 6.42 Å². The quantitative estimate of drug-likeness (QED) is 0.620. The van der Waals surface area contributed by atoms with E-state index in [1.165, 1.54) is 10.5 Å². The van der Waals surface area contributed by atoms with Gasteiger partial charge in [0.15, 0.2) is 0 Å². The van der Waals surface area contributed by atoms with Gasteiger partial charge in [0.05, 0.1) is 0 Å². The van der Waals surface area contributed by atoms with Crippen LogP contribution in [0, 0.1) is 0 Å². The number of anilines is 1. The van der Waals surface area contributed by atoms with E-state index in [1.54, 1.807) is 0 Å². The molecule has 0 atom stereocenters. The lowest BCUT2D eigenvalue weighted by Crippen LogP contribution is -2.11. The molecule has 1 aromatic rings. The summed E-state index contributed by atoms with van der Waals surface area (Å²) in [6.45, 7) is 4.52. The Balaban J connectivity index is 2.48. The topological polar surface area (TPSA) is 26.0 Å². The van der Waals surface area contributed by atoms with Crippen LogP contribution in [0.5, 0.6) is 0 Å². The Hall–Kier alpha value is -0.630. The van der Waals surface area contributed by atoms with E-state index < -0.39 is 0 Å². The van der Waals surface area contributed by atoms with Gasteiger partial charge >= 0.3 is 0 Å². The van der Waals surface area contributed by atoms with Crippen molar-refractivity contribution in [3.8, 4) is 0 Å². The average Bonchev–Trinajstić information content (AvgIpc) is 2.25. The van der Waals surface area contributed by atoms with E-state index in [2.05, 4.69) is 19.9 Å². The number of hydrogen-bond donors (Lipinski definition) is 1. The summed E-state index contributed by atoms with van der Waals surface area (Å²) in [6, 6.07) is 6.19. The van der Waals surface area contributed by atoms with Crippen LogP contribution in [0.4, 0.5) is 5.69 Å². The lowest BCUT2D eigenvalue weighted by molar-refractivity contribution is 0.724. The maximum Gasteiger partial charge on any atom is 0.0455 e. The van der Waals surface area contributed by atoms with Gasteiger partial charge in [-0.1, -0.05) is 26.0 Å². The highest BCUT2D eigenvalue weighted by atomic mass is 32.2. The zero-order valence-corrected chi connectivity index (χ0v) is 8.24. The first-order valence-electron chi connectivity index (χ1n) is 4.15. The van der Waals surface area contributed by atoms with Crippen LogP contribution in [0.25, 0.3) is 0 Å². The fourth-order valence-corrected chi connectivity index (χ4v) is 2.88. The summed E-state index contributed by atoms with van der Waals surface area (Å²) in [7, 11) is 0. The van der Waals surface area contributed by atoms with E-state index in [1.807, 2.05) is 23.9 Å². The molecule has 2 N–H and O–H groups in total. The molecule has 0 bridgehead atoms. The summed E-state index contributed by atoms with van der Waals surface area (Å²) in [5.41, 5.74) is 8.21. The molecular formula is C10H13NS. The molecule has 0 fully saturated rings. The Bertz CT molecular complexity index is 318. The Morgan fingerprint density at radius 1 is 1.42 bits per heavy atom. The first-order chi connectivity index (χ1) is 5.58. The second-order valence-electron chi connectivity index (χ2n) is 3.87. The van der Waals surface area contributed by atoms with Gasteiger partial charge in [0.1, 0.15) is 0 Å². The van der Waals surface area contributed by atoms with Crippen molar-refractivity contribution in [1.82, 2.24) is 0 Å². The fraction of sp³-hybridized carbons (Fsp3) is 0.400. The Morgan fingerprint density at radius 3 is 2.83 bits per heavy atom. The highest BCUT2D eigenvalue weighted by molar-refractivity contribution is 8.01. The predicted molar refractivity (Wildman–Crippen MR) is 54.5 cm³/mol. The van der Waals surface area contributed by atoms with Gasteiger partial charge in [0, 0.05) is 15.3 Å². The van der Waals surface area contributed by atoms with E-state index >= 15 is 0 Å². The Kier molecular flexibility index (Phi) is 1.62. The third-order valence-corrected chi connectivity index (χ3v) is 3.52. The van der Waals surface area contributed by atoms with E-state index in [-0.39, 0.29) is 0 Å². The van der Waals surface area contributed by atoms with Gasteiger partial charge < -0.3 is 5.73 Å². The van der Waals surface area contributed by atoms with E-state index in [4.69, 9.17) is 5.73 Å². The van der Waals surface area contributed by atoms with Crippen molar-refractivity contribution in [1.29, 1.82) is 0 Å². The Morgan fingerprint density at radius 2 is 2.17 bits per heavy atom. The minimum absolute atomic E-state index is 0.331. The molecule has 0 aliphatic carbocycles. The fourth-order valence-electron chi connectivity index (χ4n) is 1.64. The summed E-state index contributed by atoms with van der Waals surface area (Å²) in [6.07, 6.45) is 1.14. The number of fused-ring (bicyclic) bond motifs is 1. The molecule has 0 spiro atoms. The maximum absolute atomic E-state index is 5.87. The molecule has 0 unspecified atom stereocenters. The van der Waals surface area contributed by atoms with Crippen molar-refractivity contribution in [2.45, 2.75) is 29.9 Å². The van der Waals surface area contributed by atoms with Crippen molar-refractivity contribution in [3.63, 3.8) is 0 Å². The zero-order valence-electron chi connectivity index (χ0n) is 7.42. The van der Waals surface area contributed by atoms with E-state index in [9.17, 15) is 0 Å². The first-order valence-corrected chi connectivity index (χ1v) is 4.96. The molecule has 1 heterocycles. The summed E-state index contributed by atoms with van der Waals surface area (Å²) < 4.78 is 0.331. The van der Waals surface area contributed by atoms with Crippen molar-refractivity contribution in [2.75, 3.05) is 5.73 Å². The molecule has 0 aromatic heterocycles. The predicted octanol–water partition coefficient (Wildman–Crippen LogP) is 2.70. The van der Waals surface area contributed by atoms with Gasteiger partial charge in [0.25, 0.3) is 0 Å². The van der Waals surface area contributed by atoms with Gasteiger partial charge in [-0.3, -0.25) is 0 Å². The minimum Gasteiger partial charge on any atom is -0.398 e. The minimum atomic E-state index is 0.331. The molecule has 0 saturated carbocycles. The maximum atomic E-state index is 5.87. The number of rotatable bonds is 0. The van der Waals surface area contributed by atoms with E-state index in [0.717, 1.165) is 12.1 Å². The molecule has 0 saturated heterocycles. The van der Waals surface area contributed by atoms with Crippen LogP contribution < -0.4 is 5.73 Å². The molecule has 2 heteroatoms. The second-order valence-corrected chi connectivity index (χ2v) is 5.59. The Labute approximate surface area is 77.3 Å². The zero-order chi connectivity index (χ0) is 8.77. The van der Waals surface area contributed by atoms with Crippen LogP contribution in [0.15, 0.2) is 23.1 Å². The summed E-state index contributed by atoms with van der Waals surface area (Å²) in [5, 5.41) is 0. The molecule has 64 valence electrons. The average molecular weight is 179 g/mol. The SMILES string of the molecule is CC1(C)Cc2cccc(N)c2S1. The first kappa shape index (κ1) is 7.99. The van der Waals surface area contributed by atoms with Crippen molar-refractivity contribution >= 4 is 17.4 Å². The number of nitrogen functional groups attached to an aromatic ring is 1. The third kappa shape index (κ3) is 1.20. The van der Waals surface area contributed by atoms with E-state index in [0.29, 0.717) is 4.75 Å². The molecule has 0 amide bonds. The van der Waals surface area contributed by atoms with Gasteiger partial charge in [-0.15, -0.1) is 11.8 Å². The molecule has 2 rings (SSSR count). The number of thioether (sulfide) groups is 1. The van der Waals surface area contributed by atoms with Crippen LogP contribution >= 0.6 is 11.8 Å². The summed E-state index contributed by atoms with van der Waals surface area (Å²) in [4.78, 5) is 1.29. The van der Waals surface area contributed by atoms with Crippen LogP contribution in [0.3, 0.4) is 0 Å². The normalized spacial score (nSPS) is 19.2. The number of hydrogen-bond acceptors (Lipinski definition) is 2. The number of nitrogens with two attached hydrogens (primary N) is 1. The molecule has 1 nitrogen and oxygen atoms in total. The van der Waals surface area contributed by atoms with Crippen LogP contribution in [0.2, 0.25) is 0 Å². The number of benzene rings is 1. The second kappa shape index (κ2) is 2.43. The highest BCUT2D eigenvalue weighted by Crippen LogP contribution is 2.47. The molecular weight excluding hydrogens is 166 g/mol. The van der Waals surface area contributed by atoms with Crippen LogP contribution in [-0.4, -0.2) is 4.75 Å². The molecule has 1 aliphatic heterocycles. The van der Waals surface area contributed by atoms with Crippen molar-refractivity contribution in [2.24, 2.45) is 0 Å². The van der Waals surface area contributed by atoms with Crippen LogP contribution in [0.1, 0.15) is 19.4 Å². The third-order valence-electron chi connectivity index (χ3n) is 2.12. The van der Waals surface area contributed by atoms with Gasteiger partial charge in [-0.25, -0.2) is 0 Å². The van der Waals surface area contributed by atoms with Crippen molar-refractivity contribution in [3.05, 3.63) is 23.8 Å². The van der Waals surface area contributed by atoms with Gasteiger partial charge in [-0.05, 0) is 18.1 Å². The lowest BCUT2D eigenvalue weighted by Gasteiger charge is -2.14. The standard InChI is InChI=1S/C10H13NS/c1-10(2)6-7-4-3-5-8(11)9(7)12-10/h3-5H,6,11H2,1-2H3. The monoisotopic (exact) mass is 179 g/mol. The molecule has 1 aliphatic rings. The van der Waals surface area contributed by atoms with Gasteiger partial charge in [0.2, 0.25) is 0 Å². The largest absolute Gasteiger partial charge is 0.398 e. The summed E-state index contributed by atoms with van der Waals surface area (Å²) >= 11 is 1.89.